The number of amides is 2. The molecule has 31 heavy (non-hydrogen) atoms. The second kappa shape index (κ2) is 9.11. The third kappa shape index (κ3) is 4.45. The summed E-state index contributed by atoms with van der Waals surface area (Å²) in [7, 11) is 1.61. The standard InChI is InChI=1S/C23H26N4O3S/c1-14-21(31-15(2)25-14)23(29)27-10-8-16(13-27)20-12-18(22(28)24-9-11-30-3)17-6-4-5-7-19(17)26-20/h4-7,12,16H,8-11,13H2,1-3H3,(H,24,28). The molecule has 1 saturated heterocycles. The normalized spacial score (nSPS) is 16.1. The molecule has 2 amide bonds. The average molecular weight is 439 g/mol. The van der Waals surface area contributed by atoms with Crippen molar-refractivity contribution in [2.75, 3.05) is 33.4 Å². The molecule has 1 unspecified atom stereocenters. The summed E-state index contributed by atoms with van der Waals surface area (Å²) >= 11 is 1.44. The minimum atomic E-state index is -0.140. The first-order valence-electron chi connectivity index (χ1n) is 10.4. The van der Waals surface area contributed by atoms with Crippen LogP contribution in [0.1, 0.15) is 48.8 Å². The molecule has 1 atom stereocenters. The Labute approximate surface area is 185 Å². The molecule has 4 rings (SSSR count). The zero-order valence-corrected chi connectivity index (χ0v) is 18.8. The number of carbonyl (C=O) groups excluding carboxylic acids is 2. The molecule has 0 aliphatic carbocycles. The van der Waals surface area contributed by atoms with E-state index in [1.165, 1.54) is 11.3 Å². The van der Waals surface area contributed by atoms with Gasteiger partial charge in [-0.15, -0.1) is 11.3 Å². The van der Waals surface area contributed by atoms with E-state index in [4.69, 9.17) is 9.72 Å². The summed E-state index contributed by atoms with van der Waals surface area (Å²) in [6, 6.07) is 9.55. The number of aryl methyl sites for hydroxylation is 2. The second-order valence-electron chi connectivity index (χ2n) is 7.74. The fourth-order valence-electron chi connectivity index (χ4n) is 4.01. The van der Waals surface area contributed by atoms with Crippen LogP contribution in [0.4, 0.5) is 0 Å². The van der Waals surface area contributed by atoms with E-state index in [-0.39, 0.29) is 17.7 Å². The molecule has 0 saturated carbocycles. The van der Waals surface area contributed by atoms with Crippen LogP contribution in [0.25, 0.3) is 10.9 Å². The third-order valence-corrected chi connectivity index (χ3v) is 6.62. The van der Waals surface area contributed by atoms with Gasteiger partial charge in [0, 0.05) is 43.7 Å². The van der Waals surface area contributed by atoms with Gasteiger partial charge in [-0.3, -0.25) is 14.6 Å². The van der Waals surface area contributed by atoms with E-state index >= 15 is 0 Å². The maximum absolute atomic E-state index is 13.0. The molecule has 0 bridgehead atoms. The maximum Gasteiger partial charge on any atom is 0.265 e. The molecule has 1 fully saturated rings. The van der Waals surface area contributed by atoms with Gasteiger partial charge in [-0.25, -0.2) is 4.98 Å². The smallest absolute Gasteiger partial charge is 0.265 e. The monoisotopic (exact) mass is 438 g/mol. The van der Waals surface area contributed by atoms with Gasteiger partial charge < -0.3 is 15.0 Å². The zero-order chi connectivity index (χ0) is 22.0. The molecular weight excluding hydrogens is 412 g/mol. The highest BCUT2D eigenvalue weighted by Crippen LogP contribution is 2.31. The predicted octanol–water partition coefficient (Wildman–Crippen LogP) is 3.31. The minimum Gasteiger partial charge on any atom is -0.383 e. The van der Waals surface area contributed by atoms with Gasteiger partial charge in [0.2, 0.25) is 0 Å². The number of fused-ring (bicyclic) bond motifs is 1. The first-order valence-corrected chi connectivity index (χ1v) is 11.2. The van der Waals surface area contributed by atoms with Gasteiger partial charge in [0.15, 0.2) is 0 Å². The van der Waals surface area contributed by atoms with Gasteiger partial charge in [-0.05, 0) is 32.4 Å². The largest absolute Gasteiger partial charge is 0.383 e. The van der Waals surface area contributed by atoms with Crippen molar-refractivity contribution in [2.45, 2.75) is 26.2 Å². The highest BCUT2D eigenvalue weighted by Gasteiger charge is 2.31. The lowest BCUT2D eigenvalue weighted by Crippen LogP contribution is -2.29. The highest BCUT2D eigenvalue weighted by atomic mass is 32.1. The van der Waals surface area contributed by atoms with Crippen molar-refractivity contribution in [2.24, 2.45) is 0 Å². The molecule has 162 valence electrons. The number of carbonyl (C=O) groups is 2. The number of aromatic nitrogens is 2. The molecule has 1 aromatic carbocycles. The number of rotatable bonds is 6. The Hall–Kier alpha value is -2.84. The highest BCUT2D eigenvalue weighted by molar-refractivity contribution is 7.13. The quantitative estimate of drug-likeness (QED) is 0.597. The van der Waals surface area contributed by atoms with Crippen LogP contribution in [0, 0.1) is 13.8 Å². The molecule has 0 radical (unpaired) electrons. The number of para-hydroxylation sites is 1. The van der Waals surface area contributed by atoms with Crippen LogP contribution >= 0.6 is 11.3 Å². The van der Waals surface area contributed by atoms with Crippen molar-refractivity contribution >= 4 is 34.1 Å². The topological polar surface area (TPSA) is 84.4 Å². The first kappa shape index (κ1) is 21.4. The number of ether oxygens (including phenoxy) is 1. The van der Waals surface area contributed by atoms with Crippen molar-refractivity contribution in [3.05, 3.63) is 57.2 Å². The van der Waals surface area contributed by atoms with Crippen molar-refractivity contribution in [1.82, 2.24) is 20.2 Å². The van der Waals surface area contributed by atoms with E-state index in [0.717, 1.165) is 33.7 Å². The summed E-state index contributed by atoms with van der Waals surface area (Å²) in [6.45, 7) is 5.95. The second-order valence-corrected chi connectivity index (χ2v) is 8.95. The molecule has 1 aliphatic rings. The van der Waals surface area contributed by atoms with Gasteiger partial charge >= 0.3 is 0 Å². The molecular formula is C23H26N4O3S. The molecule has 8 heteroatoms. The van der Waals surface area contributed by atoms with Crippen molar-refractivity contribution in [3.63, 3.8) is 0 Å². The summed E-state index contributed by atoms with van der Waals surface area (Å²) in [6.07, 6.45) is 0.818. The molecule has 1 N–H and O–H groups in total. The van der Waals surface area contributed by atoms with Crippen molar-refractivity contribution < 1.29 is 14.3 Å². The Morgan fingerprint density at radius 1 is 1.26 bits per heavy atom. The number of hydrogen-bond acceptors (Lipinski definition) is 6. The number of methoxy groups -OCH3 is 1. The van der Waals surface area contributed by atoms with Crippen LogP contribution in [0.15, 0.2) is 30.3 Å². The van der Waals surface area contributed by atoms with Gasteiger partial charge in [-0.2, -0.15) is 0 Å². The van der Waals surface area contributed by atoms with Crippen LogP contribution in [0.3, 0.4) is 0 Å². The number of nitrogens with zero attached hydrogens (tertiary/aromatic N) is 3. The lowest BCUT2D eigenvalue weighted by molar-refractivity contribution is 0.0794. The summed E-state index contributed by atoms with van der Waals surface area (Å²) in [5.41, 5.74) is 3.03. The number of benzene rings is 1. The summed E-state index contributed by atoms with van der Waals surface area (Å²) < 4.78 is 5.03. The molecule has 3 aromatic rings. The van der Waals surface area contributed by atoms with Crippen LogP contribution in [0.2, 0.25) is 0 Å². The molecule has 1 aliphatic heterocycles. The van der Waals surface area contributed by atoms with Crippen LogP contribution in [-0.4, -0.2) is 60.0 Å². The number of pyridine rings is 1. The Kier molecular flexibility index (Phi) is 6.29. The van der Waals surface area contributed by atoms with Crippen LogP contribution in [-0.2, 0) is 4.74 Å². The number of thiazole rings is 1. The van der Waals surface area contributed by atoms with Crippen LogP contribution < -0.4 is 5.32 Å². The molecule has 7 nitrogen and oxygen atoms in total. The lowest BCUT2D eigenvalue weighted by atomic mass is 9.99. The number of hydrogen-bond donors (Lipinski definition) is 1. The van der Waals surface area contributed by atoms with E-state index in [2.05, 4.69) is 10.3 Å². The average Bonchev–Trinajstić information content (AvgIpc) is 3.39. The van der Waals surface area contributed by atoms with Gasteiger partial charge in [0.25, 0.3) is 11.8 Å². The first-order chi connectivity index (χ1) is 15.0. The lowest BCUT2D eigenvalue weighted by Gasteiger charge is -2.17. The molecule has 3 heterocycles. The maximum atomic E-state index is 13.0. The Bertz CT molecular complexity index is 1130. The van der Waals surface area contributed by atoms with Crippen LogP contribution in [0.5, 0.6) is 0 Å². The van der Waals surface area contributed by atoms with E-state index in [9.17, 15) is 9.59 Å². The summed E-state index contributed by atoms with van der Waals surface area (Å²) in [5.74, 6) is -0.0177. The molecule has 0 spiro atoms. The summed E-state index contributed by atoms with van der Waals surface area (Å²) in [5, 5.41) is 4.63. The summed E-state index contributed by atoms with van der Waals surface area (Å²) in [4.78, 5) is 37.6. The number of nitrogens with one attached hydrogen (secondary N) is 1. The van der Waals surface area contributed by atoms with E-state index in [1.807, 2.05) is 49.1 Å². The van der Waals surface area contributed by atoms with E-state index < -0.39 is 0 Å². The van der Waals surface area contributed by atoms with Gasteiger partial charge in [-0.1, -0.05) is 18.2 Å². The third-order valence-electron chi connectivity index (χ3n) is 5.56. The Morgan fingerprint density at radius 2 is 2.06 bits per heavy atom. The number of likely N-dealkylation sites (tertiary alicyclic amines) is 1. The fourth-order valence-corrected chi connectivity index (χ4v) is 4.90. The zero-order valence-electron chi connectivity index (χ0n) is 18.0. The van der Waals surface area contributed by atoms with E-state index in [1.54, 1.807) is 7.11 Å². The van der Waals surface area contributed by atoms with Crippen molar-refractivity contribution in [1.29, 1.82) is 0 Å². The SMILES string of the molecule is COCCNC(=O)c1cc(C2CCN(C(=O)c3sc(C)nc3C)C2)nc2ccccc12. The Balaban J connectivity index is 1.59. The fraction of sp³-hybridized carbons (Fsp3) is 0.391. The van der Waals surface area contributed by atoms with E-state index in [0.29, 0.717) is 36.7 Å². The van der Waals surface area contributed by atoms with Gasteiger partial charge in [0.05, 0.1) is 28.4 Å². The molecule has 2 aromatic heterocycles. The van der Waals surface area contributed by atoms with Gasteiger partial charge in [0.1, 0.15) is 4.88 Å². The Morgan fingerprint density at radius 3 is 2.81 bits per heavy atom. The minimum absolute atomic E-state index is 0.0314. The van der Waals surface area contributed by atoms with Crippen molar-refractivity contribution in [3.8, 4) is 0 Å². The predicted molar refractivity (Wildman–Crippen MR) is 121 cm³/mol.